The van der Waals surface area contributed by atoms with Crippen molar-refractivity contribution >= 4 is 29.0 Å². The van der Waals surface area contributed by atoms with Gasteiger partial charge in [0.25, 0.3) is 5.91 Å². The van der Waals surface area contributed by atoms with E-state index in [-0.39, 0.29) is 47.5 Å². The zero-order valence-electron chi connectivity index (χ0n) is 29.1. The average Bonchev–Trinajstić information content (AvgIpc) is 3.02. The lowest BCUT2D eigenvalue weighted by atomic mass is 9.54. The van der Waals surface area contributed by atoms with Crippen LogP contribution in [0.4, 0.5) is 0 Å². The molecule has 0 aromatic heterocycles. The Balaban J connectivity index is 1.62. The number of aromatic hydroxyl groups is 1. The molecule has 3 aliphatic rings. The van der Waals surface area contributed by atoms with Gasteiger partial charge in [0, 0.05) is 30.4 Å². The lowest BCUT2D eigenvalue weighted by molar-refractivity contribution is -0.155. The predicted molar refractivity (Wildman–Crippen MR) is 185 cm³/mol. The number of carbonyl (C=O) groups is 4. The summed E-state index contributed by atoms with van der Waals surface area (Å²) in [7, 11) is 0. The number of carbonyl (C=O) groups excluding carboxylic acids is 4. The number of hydrogen-bond donors (Lipinski definition) is 6. The number of aliphatic hydroxyl groups excluding tert-OH is 2. The van der Waals surface area contributed by atoms with Crippen molar-refractivity contribution in [2.45, 2.75) is 91.8 Å². The molecule has 0 bridgehead atoms. The molecule has 7 N–H and O–H groups in total. The van der Waals surface area contributed by atoms with Gasteiger partial charge in [0.1, 0.15) is 28.6 Å². The summed E-state index contributed by atoms with van der Waals surface area (Å²) >= 11 is 0. The van der Waals surface area contributed by atoms with Crippen LogP contribution < -0.4 is 11.1 Å². The van der Waals surface area contributed by atoms with Crippen LogP contribution >= 0.6 is 0 Å². The fourth-order valence-corrected chi connectivity index (χ4v) is 8.38. The van der Waals surface area contributed by atoms with Gasteiger partial charge >= 0.3 is 0 Å². The summed E-state index contributed by atoms with van der Waals surface area (Å²) in [5.74, 6) is -7.69. The quantitative estimate of drug-likeness (QED) is 0.178. The van der Waals surface area contributed by atoms with E-state index in [1.165, 1.54) is 6.07 Å². The van der Waals surface area contributed by atoms with Gasteiger partial charge in [-0.2, -0.15) is 0 Å². The number of aryl methyl sites for hydroxylation is 1. The predicted octanol–water partition coefficient (Wildman–Crippen LogP) is 5.02. The standard InChI is InChI=1S/C39H48N2O8/c1-7-9-28(43)33(19(5)6)41-17-20-10-11-21(8-2)24(14-20)23-12-13-27(42)31-25(23)15-22-16-26-29(18(3)4)34(44)32(38(40)48)37(47)39(26,49)36(46)30(22)35(31)45/h10-14,18-19,22,26,29,33,41-42,45,47,49H,7-9,15-17H2,1-6H3,(H2,40,48)/t22-,26-,29-,33?,39-/m0/s1. The molecule has 2 aromatic rings. The fraction of sp³-hybridized carbons (Fsp3) is 0.487. The number of rotatable bonds is 11. The maximum atomic E-state index is 14.2. The second-order valence-corrected chi connectivity index (χ2v) is 14.5. The van der Waals surface area contributed by atoms with E-state index in [0.29, 0.717) is 24.9 Å². The molecule has 0 radical (unpaired) electrons. The molecule has 3 aliphatic carbocycles. The van der Waals surface area contributed by atoms with Crippen LogP contribution in [0.1, 0.15) is 83.1 Å². The zero-order chi connectivity index (χ0) is 36.1. The molecule has 1 saturated carbocycles. The van der Waals surface area contributed by atoms with Crippen molar-refractivity contribution in [2.24, 2.45) is 35.3 Å². The van der Waals surface area contributed by atoms with Crippen molar-refractivity contribution < 1.29 is 39.6 Å². The summed E-state index contributed by atoms with van der Waals surface area (Å²) in [5.41, 5.74) is 6.10. The van der Waals surface area contributed by atoms with Crippen LogP contribution in [0.3, 0.4) is 0 Å². The number of Topliss-reactive ketones (excluding diaryl/α,β-unsaturated/α-hetero) is 3. The Morgan fingerprint density at radius 1 is 1.02 bits per heavy atom. The third-order valence-corrected chi connectivity index (χ3v) is 10.7. The molecule has 262 valence electrons. The van der Waals surface area contributed by atoms with E-state index in [2.05, 4.69) is 5.32 Å². The van der Waals surface area contributed by atoms with Gasteiger partial charge in [0.2, 0.25) is 5.78 Å². The number of benzene rings is 2. The van der Waals surface area contributed by atoms with Crippen LogP contribution in [-0.2, 0) is 38.6 Å². The first-order chi connectivity index (χ1) is 23.1. The molecule has 0 saturated heterocycles. The Morgan fingerprint density at radius 2 is 1.71 bits per heavy atom. The lowest BCUT2D eigenvalue weighted by Crippen LogP contribution is -2.62. The molecule has 1 amide bonds. The van der Waals surface area contributed by atoms with Crippen molar-refractivity contribution in [2.75, 3.05) is 0 Å². The minimum absolute atomic E-state index is 0.0494. The smallest absolute Gasteiger partial charge is 0.255 e. The number of nitrogens with two attached hydrogens (primary N) is 1. The van der Waals surface area contributed by atoms with E-state index in [9.17, 15) is 39.6 Å². The normalized spacial score (nSPS) is 24.2. The summed E-state index contributed by atoms with van der Waals surface area (Å²) in [6.45, 7) is 12.0. The van der Waals surface area contributed by atoms with E-state index < -0.39 is 63.8 Å². The minimum Gasteiger partial charge on any atom is -0.508 e. The summed E-state index contributed by atoms with van der Waals surface area (Å²) in [4.78, 5) is 52.8. The third-order valence-electron chi connectivity index (χ3n) is 10.7. The third kappa shape index (κ3) is 5.88. The molecule has 1 fully saturated rings. The Hall–Kier alpha value is -4.28. The minimum atomic E-state index is -2.65. The molecule has 0 aliphatic heterocycles. The first-order valence-corrected chi connectivity index (χ1v) is 17.3. The van der Waals surface area contributed by atoms with Crippen LogP contribution in [0.2, 0.25) is 0 Å². The Labute approximate surface area is 287 Å². The van der Waals surface area contributed by atoms with Gasteiger partial charge < -0.3 is 31.5 Å². The average molecular weight is 673 g/mol. The Bertz CT molecular complexity index is 1790. The van der Waals surface area contributed by atoms with Gasteiger partial charge in [-0.1, -0.05) is 59.7 Å². The molecular formula is C39H48N2O8. The SMILES string of the molecule is CCCC(=O)C(NCc1ccc(CC)c(-c2ccc(O)c3c2C[C@H]2C[C@H]4[C@H](C(C)C)C(=O)C(C(N)=O)=C(O)[C@@]4(O)C(=O)C2=C3O)c1)C(C)C. The summed E-state index contributed by atoms with van der Waals surface area (Å²) < 4.78 is 0. The molecule has 2 aromatic carbocycles. The van der Waals surface area contributed by atoms with Crippen LogP contribution in [0.25, 0.3) is 16.9 Å². The largest absolute Gasteiger partial charge is 0.508 e. The van der Waals surface area contributed by atoms with E-state index >= 15 is 0 Å². The highest BCUT2D eigenvalue weighted by molar-refractivity contribution is 6.23. The molecule has 5 rings (SSSR count). The van der Waals surface area contributed by atoms with Crippen LogP contribution in [0, 0.1) is 29.6 Å². The first kappa shape index (κ1) is 36.0. The lowest BCUT2D eigenvalue weighted by Gasteiger charge is -2.50. The maximum absolute atomic E-state index is 14.2. The molecular weight excluding hydrogens is 624 g/mol. The molecule has 1 unspecified atom stereocenters. The van der Waals surface area contributed by atoms with Gasteiger partial charge in [0.15, 0.2) is 11.4 Å². The molecule has 0 spiro atoms. The second-order valence-electron chi connectivity index (χ2n) is 14.5. The molecule has 0 heterocycles. The molecule has 10 heteroatoms. The van der Waals surface area contributed by atoms with E-state index in [1.54, 1.807) is 19.9 Å². The number of aliphatic hydroxyl groups is 3. The van der Waals surface area contributed by atoms with E-state index in [0.717, 1.165) is 28.7 Å². The first-order valence-electron chi connectivity index (χ1n) is 17.3. The van der Waals surface area contributed by atoms with E-state index in [4.69, 9.17) is 5.73 Å². The van der Waals surface area contributed by atoms with Gasteiger partial charge in [-0.15, -0.1) is 0 Å². The molecule has 5 atom stereocenters. The van der Waals surface area contributed by atoms with Crippen molar-refractivity contribution in [1.82, 2.24) is 5.32 Å². The van der Waals surface area contributed by atoms with Crippen molar-refractivity contribution in [3.63, 3.8) is 0 Å². The Kier molecular flexibility index (Phi) is 9.96. The number of amides is 1. The van der Waals surface area contributed by atoms with Gasteiger partial charge in [-0.25, -0.2) is 0 Å². The number of hydrogen-bond acceptors (Lipinski definition) is 9. The van der Waals surface area contributed by atoms with Crippen molar-refractivity contribution in [1.29, 1.82) is 0 Å². The van der Waals surface area contributed by atoms with Crippen LogP contribution in [0.15, 0.2) is 47.2 Å². The fourth-order valence-electron chi connectivity index (χ4n) is 8.38. The monoisotopic (exact) mass is 672 g/mol. The molecule has 49 heavy (non-hydrogen) atoms. The van der Waals surface area contributed by atoms with Crippen molar-refractivity contribution in [3.05, 3.63) is 69.5 Å². The summed E-state index contributed by atoms with van der Waals surface area (Å²) in [5, 5.41) is 49.3. The van der Waals surface area contributed by atoms with Crippen molar-refractivity contribution in [3.8, 4) is 16.9 Å². The van der Waals surface area contributed by atoms with E-state index in [1.807, 2.05) is 45.9 Å². The number of fused-ring (bicyclic) bond motifs is 3. The van der Waals surface area contributed by atoms with Gasteiger partial charge in [-0.05, 0) is 83.4 Å². The van der Waals surface area contributed by atoms with Crippen LogP contribution in [0.5, 0.6) is 5.75 Å². The van der Waals surface area contributed by atoms with Gasteiger partial charge in [0.05, 0.1) is 11.6 Å². The zero-order valence-corrected chi connectivity index (χ0v) is 29.1. The summed E-state index contributed by atoms with van der Waals surface area (Å²) in [6, 6.07) is 9.06. The highest BCUT2D eigenvalue weighted by Crippen LogP contribution is 2.55. The number of phenolic OH excluding ortho intramolecular Hbond substituents is 1. The maximum Gasteiger partial charge on any atom is 0.255 e. The molecule has 10 nitrogen and oxygen atoms in total. The highest BCUT2D eigenvalue weighted by Gasteiger charge is 2.64. The number of phenols is 1. The second kappa shape index (κ2) is 13.6. The highest BCUT2D eigenvalue weighted by atomic mass is 16.3. The number of primary amides is 1. The topological polar surface area (TPSA) is 187 Å². The Morgan fingerprint density at radius 3 is 2.31 bits per heavy atom. The number of nitrogens with one attached hydrogen (secondary N) is 1. The van der Waals surface area contributed by atoms with Gasteiger partial charge in [-0.3, -0.25) is 19.2 Å². The van der Waals surface area contributed by atoms with Crippen LogP contribution in [-0.4, -0.2) is 55.3 Å². The summed E-state index contributed by atoms with van der Waals surface area (Å²) in [6.07, 6.45) is 2.23. The number of ketones is 3.